The predicted octanol–water partition coefficient (Wildman–Crippen LogP) is 3.42. The van der Waals surface area contributed by atoms with Crippen LogP contribution in [0.1, 0.15) is 30.2 Å². The maximum atomic E-state index is 4.54. The van der Waals surface area contributed by atoms with Crippen molar-refractivity contribution in [2.24, 2.45) is 4.99 Å². The zero-order chi connectivity index (χ0) is 11.4. The van der Waals surface area contributed by atoms with Gasteiger partial charge < -0.3 is 5.32 Å². The van der Waals surface area contributed by atoms with Gasteiger partial charge in [0.05, 0.1) is 13.1 Å². The zero-order valence-corrected chi connectivity index (χ0v) is 11.5. The lowest BCUT2D eigenvalue weighted by Gasteiger charge is -2.07. The van der Waals surface area contributed by atoms with Crippen molar-refractivity contribution < 1.29 is 0 Å². The SMILES string of the molecule is CCCC1CN=C(NCc2sccc2C)S1. The lowest BCUT2D eigenvalue weighted by molar-refractivity contribution is 0.754. The van der Waals surface area contributed by atoms with Crippen LogP contribution in [0, 0.1) is 6.92 Å². The molecule has 2 nitrogen and oxygen atoms in total. The topological polar surface area (TPSA) is 24.4 Å². The summed E-state index contributed by atoms with van der Waals surface area (Å²) in [6.07, 6.45) is 2.53. The van der Waals surface area contributed by atoms with Crippen LogP contribution in [0.25, 0.3) is 0 Å². The highest BCUT2D eigenvalue weighted by Gasteiger charge is 2.18. The van der Waals surface area contributed by atoms with Crippen LogP contribution in [0.3, 0.4) is 0 Å². The van der Waals surface area contributed by atoms with Crippen LogP contribution in [0.4, 0.5) is 0 Å². The van der Waals surface area contributed by atoms with Crippen LogP contribution in [0.15, 0.2) is 16.4 Å². The average molecular weight is 254 g/mol. The number of nitrogens with one attached hydrogen (secondary N) is 1. The summed E-state index contributed by atoms with van der Waals surface area (Å²) in [5.41, 5.74) is 1.38. The van der Waals surface area contributed by atoms with Crippen molar-refractivity contribution in [2.75, 3.05) is 6.54 Å². The Labute approximate surface area is 106 Å². The van der Waals surface area contributed by atoms with E-state index >= 15 is 0 Å². The molecule has 1 atom stereocenters. The van der Waals surface area contributed by atoms with E-state index in [9.17, 15) is 0 Å². The van der Waals surface area contributed by atoms with Crippen LogP contribution < -0.4 is 5.32 Å². The molecule has 1 aliphatic heterocycles. The minimum absolute atomic E-state index is 0.705. The molecule has 1 aromatic rings. The molecule has 0 fully saturated rings. The summed E-state index contributed by atoms with van der Waals surface area (Å²) in [6, 6.07) is 2.17. The molecule has 0 aliphatic carbocycles. The van der Waals surface area contributed by atoms with Gasteiger partial charge in [0.1, 0.15) is 0 Å². The van der Waals surface area contributed by atoms with Gasteiger partial charge in [0.2, 0.25) is 0 Å². The number of hydrogen-bond donors (Lipinski definition) is 1. The number of thiophene rings is 1. The molecule has 0 aromatic carbocycles. The molecule has 1 aliphatic rings. The Hall–Kier alpha value is -0.480. The first kappa shape index (κ1) is 12.0. The highest BCUT2D eigenvalue weighted by molar-refractivity contribution is 8.14. The minimum Gasteiger partial charge on any atom is -0.360 e. The van der Waals surface area contributed by atoms with Crippen LogP contribution in [-0.2, 0) is 6.54 Å². The van der Waals surface area contributed by atoms with E-state index in [2.05, 4.69) is 35.6 Å². The molecule has 1 unspecified atom stereocenters. The largest absolute Gasteiger partial charge is 0.360 e. The van der Waals surface area contributed by atoms with Gasteiger partial charge in [-0.15, -0.1) is 11.3 Å². The van der Waals surface area contributed by atoms with Crippen molar-refractivity contribution in [3.63, 3.8) is 0 Å². The molecule has 0 amide bonds. The van der Waals surface area contributed by atoms with Crippen LogP contribution in [0.5, 0.6) is 0 Å². The lowest BCUT2D eigenvalue weighted by Crippen LogP contribution is -2.18. The fourth-order valence-corrected chi connectivity index (χ4v) is 3.70. The third-order valence-corrected chi connectivity index (χ3v) is 4.93. The Balaban J connectivity index is 1.78. The third-order valence-electron chi connectivity index (χ3n) is 2.70. The molecule has 1 N–H and O–H groups in total. The normalized spacial score (nSPS) is 19.9. The summed E-state index contributed by atoms with van der Waals surface area (Å²) in [5.74, 6) is 0. The lowest BCUT2D eigenvalue weighted by atomic mass is 10.2. The van der Waals surface area contributed by atoms with E-state index in [1.807, 2.05) is 23.1 Å². The number of aliphatic imine (C=N–C) groups is 1. The van der Waals surface area contributed by atoms with Crippen LogP contribution in [0.2, 0.25) is 0 Å². The summed E-state index contributed by atoms with van der Waals surface area (Å²) in [6.45, 7) is 6.32. The van der Waals surface area contributed by atoms with E-state index in [-0.39, 0.29) is 0 Å². The molecule has 0 saturated carbocycles. The first-order valence-corrected chi connectivity index (χ1v) is 7.53. The fourth-order valence-electron chi connectivity index (χ4n) is 1.73. The predicted molar refractivity (Wildman–Crippen MR) is 74.5 cm³/mol. The number of nitrogens with zero attached hydrogens (tertiary/aromatic N) is 1. The average Bonchev–Trinajstić information content (AvgIpc) is 2.86. The molecule has 1 aromatic heterocycles. The van der Waals surface area contributed by atoms with Crippen molar-refractivity contribution in [1.82, 2.24) is 5.32 Å². The van der Waals surface area contributed by atoms with Gasteiger partial charge in [-0.3, -0.25) is 4.99 Å². The second-order valence-electron chi connectivity index (χ2n) is 4.05. The number of thioether (sulfide) groups is 1. The molecule has 2 heterocycles. The molecule has 0 radical (unpaired) electrons. The summed E-state index contributed by atoms with van der Waals surface area (Å²) in [7, 11) is 0. The second kappa shape index (κ2) is 5.73. The Bertz CT molecular complexity index is 371. The number of amidine groups is 1. The van der Waals surface area contributed by atoms with Gasteiger partial charge in [0.15, 0.2) is 5.17 Å². The Morgan fingerprint density at radius 2 is 2.44 bits per heavy atom. The highest BCUT2D eigenvalue weighted by Crippen LogP contribution is 2.24. The van der Waals surface area contributed by atoms with Crippen LogP contribution >= 0.6 is 23.1 Å². The Morgan fingerprint density at radius 3 is 3.12 bits per heavy atom. The van der Waals surface area contributed by atoms with Crippen molar-refractivity contribution >= 4 is 28.3 Å². The van der Waals surface area contributed by atoms with Gasteiger partial charge in [-0.2, -0.15) is 0 Å². The van der Waals surface area contributed by atoms with Gasteiger partial charge in [-0.05, 0) is 30.4 Å². The van der Waals surface area contributed by atoms with E-state index in [0.717, 1.165) is 18.3 Å². The monoisotopic (exact) mass is 254 g/mol. The maximum Gasteiger partial charge on any atom is 0.157 e. The maximum absolute atomic E-state index is 4.54. The zero-order valence-electron chi connectivity index (χ0n) is 9.82. The van der Waals surface area contributed by atoms with E-state index in [4.69, 9.17) is 0 Å². The molecule has 2 rings (SSSR count). The molecular formula is C12H18N2S2. The van der Waals surface area contributed by atoms with Gasteiger partial charge in [-0.25, -0.2) is 0 Å². The molecule has 4 heteroatoms. The van der Waals surface area contributed by atoms with Crippen molar-refractivity contribution in [2.45, 2.75) is 38.5 Å². The Kier molecular flexibility index (Phi) is 4.29. The fraction of sp³-hybridized carbons (Fsp3) is 0.583. The van der Waals surface area contributed by atoms with Gasteiger partial charge >= 0.3 is 0 Å². The Morgan fingerprint density at radius 1 is 1.56 bits per heavy atom. The van der Waals surface area contributed by atoms with Gasteiger partial charge in [0, 0.05) is 10.1 Å². The number of aryl methyl sites for hydroxylation is 1. The number of hydrogen-bond acceptors (Lipinski definition) is 4. The molecule has 0 saturated heterocycles. The van der Waals surface area contributed by atoms with Crippen LogP contribution in [-0.4, -0.2) is 17.0 Å². The minimum atomic E-state index is 0.705. The highest BCUT2D eigenvalue weighted by atomic mass is 32.2. The van der Waals surface area contributed by atoms with E-state index in [1.165, 1.54) is 23.3 Å². The molecule has 0 bridgehead atoms. The summed E-state index contributed by atoms with van der Waals surface area (Å²) in [4.78, 5) is 5.96. The quantitative estimate of drug-likeness (QED) is 0.890. The van der Waals surface area contributed by atoms with Crippen molar-refractivity contribution in [3.8, 4) is 0 Å². The van der Waals surface area contributed by atoms with Crippen molar-refractivity contribution in [1.29, 1.82) is 0 Å². The first-order chi connectivity index (χ1) is 7.79. The first-order valence-electron chi connectivity index (χ1n) is 5.77. The van der Waals surface area contributed by atoms with E-state index < -0.39 is 0 Å². The molecular weight excluding hydrogens is 236 g/mol. The van der Waals surface area contributed by atoms with E-state index in [1.54, 1.807) is 0 Å². The summed E-state index contributed by atoms with van der Waals surface area (Å²) in [5, 5.41) is 7.42. The van der Waals surface area contributed by atoms with Gasteiger partial charge in [-0.1, -0.05) is 25.1 Å². The molecule has 16 heavy (non-hydrogen) atoms. The smallest absolute Gasteiger partial charge is 0.157 e. The third kappa shape index (κ3) is 3.01. The standard InChI is InChI=1S/C12H18N2S2/c1-3-4-10-7-13-12(16-10)14-8-11-9(2)5-6-15-11/h5-6,10H,3-4,7-8H2,1-2H3,(H,13,14). The molecule has 88 valence electrons. The summed E-state index contributed by atoms with van der Waals surface area (Å²) >= 11 is 3.72. The van der Waals surface area contributed by atoms with Crippen molar-refractivity contribution in [3.05, 3.63) is 21.9 Å². The summed E-state index contributed by atoms with van der Waals surface area (Å²) < 4.78 is 0. The second-order valence-corrected chi connectivity index (χ2v) is 6.34. The number of rotatable bonds is 4. The molecule has 0 spiro atoms. The van der Waals surface area contributed by atoms with E-state index in [0.29, 0.717) is 5.25 Å². The van der Waals surface area contributed by atoms with Gasteiger partial charge in [0.25, 0.3) is 0 Å².